The SMILES string of the molecule is COc1cccc(OC)c1-c1cc(C(=O)N[C@H](CC(=O)NC2CCC2)CC(C)C)nn1C(C)C(C)C. The Labute approximate surface area is 215 Å². The molecule has 0 spiro atoms. The van der Waals surface area contributed by atoms with Gasteiger partial charge in [-0.3, -0.25) is 14.3 Å². The molecule has 2 amide bonds. The predicted octanol–water partition coefficient (Wildman–Crippen LogP) is 4.99. The molecule has 1 aromatic carbocycles. The average Bonchev–Trinajstić information content (AvgIpc) is 3.24. The fourth-order valence-corrected chi connectivity index (χ4v) is 4.47. The van der Waals surface area contributed by atoms with Crippen molar-refractivity contribution in [2.45, 2.75) is 84.8 Å². The molecule has 8 nitrogen and oxygen atoms in total. The highest BCUT2D eigenvalue weighted by atomic mass is 16.5. The van der Waals surface area contributed by atoms with Crippen molar-refractivity contribution in [3.05, 3.63) is 30.0 Å². The van der Waals surface area contributed by atoms with Gasteiger partial charge in [-0.1, -0.05) is 33.8 Å². The van der Waals surface area contributed by atoms with Gasteiger partial charge in [0.05, 0.1) is 31.5 Å². The summed E-state index contributed by atoms with van der Waals surface area (Å²) in [6.07, 6.45) is 4.20. The maximum atomic E-state index is 13.4. The molecular formula is C28H42N4O4. The summed E-state index contributed by atoms with van der Waals surface area (Å²) in [7, 11) is 3.23. The van der Waals surface area contributed by atoms with Crippen LogP contribution in [-0.4, -0.2) is 47.9 Å². The summed E-state index contributed by atoms with van der Waals surface area (Å²) in [5.74, 6) is 1.60. The van der Waals surface area contributed by atoms with Gasteiger partial charge in [0, 0.05) is 18.5 Å². The van der Waals surface area contributed by atoms with E-state index in [1.165, 1.54) is 0 Å². The second kappa shape index (κ2) is 12.3. The van der Waals surface area contributed by atoms with Crippen molar-refractivity contribution in [3.63, 3.8) is 0 Å². The molecule has 2 aromatic rings. The number of amides is 2. The van der Waals surface area contributed by atoms with Crippen LogP contribution in [0.15, 0.2) is 24.3 Å². The number of nitrogens with one attached hydrogen (secondary N) is 2. The first-order valence-corrected chi connectivity index (χ1v) is 13.1. The quantitative estimate of drug-likeness (QED) is 0.430. The maximum Gasteiger partial charge on any atom is 0.272 e. The van der Waals surface area contributed by atoms with E-state index in [0.29, 0.717) is 29.5 Å². The summed E-state index contributed by atoms with van der Waals surface area (Å²) in [5, 5.41) is 10.9. The molecule has 1 fully saturated rings. The molecular weight excluding hydrogens is 456 g/mol. The molecule has 2 atom stereocenters. The summed E-state index contributed by atoms with van der Waals surface area (Å²) >= 11 is 0. The van der Waals surface area contributed by atoms with Gasteiger partial charge in [0.25, 0.3) is 5.91 Å². The lowest BCUT2D eigenvalue weighted by molar-refractivity contribution is -0.122. The molecule has 198 valence electrons. The van der Waals surface area contributed by atoms with Crippen LogP contribution in [0.5, 0.6) is 11.5 Å². The Morgan fingerprint density at radius 2 is 1.72 bits per heavy atom. The van der Waals surface area contributed by atoms with Crippen LogP contribution in [-0.2, 0) is 4.79 Å². The van der Waals surface area contributed by atoms with Crippen LogP contribution in [0.3, 0.4) is 0 Å². The van der Waals surface area contributed by atoms with Gasteiger partial charge in [0.2, 0.25) is 5.91 Å². The first-order chi connectivity index (χ1) is 17.1. The lowest BCUT2D eigenvalue weighted by atomic mass is 9.92. The van der Waals surface area contributed by atoms with Crippen LogP contribution in [0, 0.1) is 11.8 Å². The van der Waals surface area contributed by atoms with E-state index in [-0.39, 0.29) is 42.3 Å². The van der Waals surface area contributed by atoms with E-state index in [2.05, 4.69) is 45.3 Å². The standard InChI is InChI=1S/C28H42N4O4/c1-17(2)14-21(15-26(33)29-20-10-8-11-20)30-28(34)22-16-23(32(31-22)19(5)18(3)4)27-24(35-6)12-9-13-25(27)36-7/h9,12-13,16-21H,8,10-11,14-15H2,1-7H3,(H,29,33)(H,30,34)/t19?,21-/m0/s1. The van der Waals surface area contributed by atoms with Gasteiger partial charge in [-0.25, -0.2) is 0 Å². The highest BCUT2D eigenvalue weighted by Crippen LogP contribution is 2.40. The fraction of sp³-hybridized carbons (Fsp3) is 0.607. The van der Waals surface area contributed by atoms with E-state index < -0.39 is 0 Å². The third kappa shape index (κ3) is 6.59. The summed E-state index contributed by atoms with van der Waals surface area (Å²) in [6.45, 7) is 10.5. The maximum absolute atomic E-state index is 13.4. The molecule has 1 saturated carbocycles. The van der Waals surface area contributed by atoms with Crippen molar-refractivity contribution in [3.8, 4) is 22.8 Å². The molecule has 1 aromatic heterocycles. The molecule has 8 heteroatoms. The number of ether oxygens (including phenoxy) is 2. The number of carbonyl (C=O) groups excluding carboxylic acids is 2. The zero-order valence-corrected chi connectivity index (χ0v) is 22.8. The first kappa shape index (κ1) is 27.6. The predicted molar refractivity (Wildman–Crippen MR) is 141 cm³/mol. The number of benzene rings is 1. The topological polar surface area (TPSA) is 94.5 Å². The molecule has 36 heavy (non-hydrogen) atoms. The summed E-state index contributed by atoms with van der Waals surface area (Å²) in [5.41, 5.74) is 1.80. The summed E-state index contributed by atoms with van der Waals surface area (Å²) in [6, 6.07) is 7.43. The van der Waals surface area contributed by atoms with E-state index in [4.69, 9.17) is 14.6 Å². The van der Waals surface area contributed by atoms with Crippen LogP contribution in [0.1, 0.15) is 83.3 Å². The van der Waals surface area contributed by atoms with E-state index in [9.17, 15) is 9.59 Å². The van der Waals surface area contributed by atoms with Gasteiger partial charge in [-0.15, -0.1) is 0 Å². The van der Waals surface area contributed by atoms with Crippen molar-refractivity contribution < 1.29 is 19.1 Å². The van der Waals surface area contributed by atoms with Crippen molar-refractivity contribution in [1.82, 2.24) is 20.4 Å². The highest BCUT2D eigenvalue weighted by Gasteiger charge is 2.27. The molecule has 1 unspecified atom stereocenters. The van der Waals surface area contributed by atoms with Crippen molar-refractivity contribution in [2.75, 3.05) is 14.2 Å². The van der Waals surface area contributed by atoms with E-state index in [1.807, 2.05) is 22.9 Å². The van der Waals surface area contributed by atoms with Crippen LogP contribution >= 0.6 is 0 Å². The number of aromatic nitrogens is 2. The van der Waals surface area contributed by atoms with Crippen molar-refractivity contribution in [2.24, 2.45) is 11.8 Å². The highest BCUT2D eigenvalue weighted by molar-refractivity contribution is 5.94. The van der Waals surface area contributed by atoms with Gasteiger partial charge >= 0.3 is 0 Å². The molecule has 0 bridgehead atoms. The van der Waals surface area contributed by atoms with Crippen LogP contribution in [0.4, 0.5) is 0 Å². The lowest BCUT2D eigenvalue weighted by Gasteiger charge is -2.28. The number of carbonyl (C=O) groups is 2. The summed E-state index contributed by atoms with van der Waals surface area (Å²) < 4.78 is 13.2. The number of nitrogens with zero attached hydrogens (tertiary/aromatic N) is 2. The van der Waals surface area contributed by atoms with Gasteiger partial charge < -0.3 is 20.1 Å². The second-order valence-electron chi connectivity index (χ2n) is 10.6. The van der Waals surface area contributed by atoms with Crippen molar-refractivity contribution in [1.29, 1.82) is 0 Å². The minimum absolute atomic E-state index is 0.0101. The van der Waals surface area contributed by atoms with Crippen LogP contribution in [0.2, 0.25) is 0 Å². The van der Waals surface area contributed by atoms with Gasteiger partial charge in [-0.2, -0.15) is 5.10 Å². The smallest absolute Gasteiger partial charge is 0.272 e. The second-order valence-corrected chi connectivity index (χ2v) is 10.6. The zero-order chi connectivity index (χ0) is 26.4. The Morgan fingerprint density at radius 3 is 2.22 bits per heavy atom. The molecule has 1 aliphatic carbocycles. The molecule has 1 aliphatic rings. The molecule has 0 aliphatic heterocycles. The number of rotatable bonds is 12. The monoisotopic (exact) mass is 498 g/mol. The Balaban J connectivity index is 1.92. The normalized spacial score (nSPS) is 15.4. The molecule has 0 saturated heterocycles. The van der Waals surface area contributed by atoms with E-state index >= 15 is 0 Å². The third-order valence-corrected chi connectivity index (χ3v) is 7.00. The number of methoxy groups -OCH3 is 2. The molecule has 0 radical (unpaired) electrons. The van der Waals surface area contributed by atoms with E-state index in [1.54, 1.807) is 20.3 Å². The largest absolute Gasteiger partial charge is 0.496 e. The lowest BCUT2D eigenvalue weighted by Crippen LogP contribution is -2.44. The Morgan fingerprint density at radius 1 is 1.08 bits per heavy atom. The fourth-order valence-electron chi connectivity index (χ4n) is 4.47. The molecule has 1 heterocycles. The minimum atomic E-state index is -0.290. The number of hydrogen-bond acceptors (Lipinski definition) is 5. The van der Waals surface area contributed by atoms with Gasteiger partial charge in [0.1, 0.15) is 11.5 Å². The van der Waals surface area contributed by atoms with Crippen molar-refractivity contribution >= 4 is 11.8 Å². The summed E-state index contributed by atoms with van der Waals surface area (Å²) in [4.78, 5) is 26.0. The zero-order valence-electron chi connectivity index (χ0n) is 22.8. The molecule has 2 N–H and O–H groups in total. The van der Waals surface area contributed by atoms with Gasteiger partial charge in [-0.05, 0) is 62.6 Å². The van der Waals surface area contributed by atoms with E-state index in [0.717, 1.165) is 30.5 Å². The Bertz CT molecular complexity index is 1020. The Hall–Kier alpha value is -3.03. The average molecular weight is 499 g/mol. The third-order valence-electron chi connectivity index (χ3n) is 7.00. The first-order valence-electron chi connectivity index (χ1n) is 13.1. The van der Waals surface area contributed by atoms with Crippen LogP contribution < -0.4 is 20.1 Å². The van der Waals surface area contributed by atoms with Crippen LogP contribution in [0.25, 0.3) is 11.3 Å². The molecule has 3 rings (SSSR count). The Kier molecular flexibility index (Phi) is 9.40. The number of hydrogen-bond donors (Lipinski definition) is 2. The van der Waals surface area contributed by atoms with Gasteiger partial charge in [0.15, 0.2) is 5.69 Å². The minimum Gasteiger partial charge on any atom is -0.496 e.